The van der Waals surface area contributed by atoms with E-state index in [1.807, 2.05) is 12.1 Å². The first kappa shape index (κ1) is 13.9. The minimum Gasteiger partial charge on any atom is -0.460 e. The predicted molar refractivity (Wildman–Crippen MR) is 81.7 cm³/mol. The van der Waals surface area contributed by atoms with Crippen LogP contribution in [0.1, 0.15) is 41.1 Å². The molecule has 108 valence electrons. The first-order chi connectivity index (χ1) is 10.1. The van der Waals surface area contributed by atoms with Gasteiger partial charge in [0.2, 0.25) is 0 Å². The van der Waals surface area contributed by atoms with E-state index in [1.165, 1.54) is 12.6 Å². The first-order valence-corrected chi connectivity index (χ1v) is 7.20. The fraction of sp³-hybridized carbons (Fsp3) is 0.250. The molecule has 3 rings (SSSR count). The largest absolute Gasteiger partial charge is 0.460 e. The number of carbonyl (C=O) groups excluding carboxylic acids is 1. The van der Waals surface area contributed by atoms with Gasteiger partial charge in [-0.05, 0) is 42.7 Å². The van der Waals surface area contributed by atoms with Crippen molar-refractivity contribution in [3.63, 3.8) is 0 Å². The maximum atomic E-state index is 11.8. The summed E-state index contributed by atoms with van der Waals surface area (Å²) in [5.41, 5.74) is 2.91. The zero-order valence-corrected chi connectivity index (χ0v) is 12.3. The molecular weight excluding hydrogens is 288 g/mol. The Morgan fingerprint density at radius 3 is 2.95 bits per heavy atom. The van der Waals surface area contributed by atoms with E-state index >= 15 is 0 Å². The van der Waals surface area contributed by atoms with Crippen molar-refractivity contribution in [2.45, 2.75) is 19.3 Å². The number of furan rings is 1. The second-order valence-electron chi connectivity index (χ2n) is 5.27. The van der Waals surface area contributed by atoms with Gasteiger partial charge >= 0.3 is 0 Å². The van der Waals surface area contributed by atoms with Crippen LogP contribution in [0.3, 0.4) is 0 Å². The molecule has 1 aromatic carbocycles. The van der Waals surface area contributed by atoms with Gasteiger partial charge in [-0.3, -0.25) is 4.79 Å². The van der Waals surface area contributed by atoms with E-state index in [1.54, 1.807) is 24.3 Å². The Morgan fingerprint density at radius 1 is 1.43 bits per heavy atom. The van der Waals surface area contributed by atoms with E-state index in [-0.39, 0.29) is 5.91 Å². The molecule has 0 spiro atoms. The topological polar surface area (TPSA) is 54.6 Å². The maximum Gasteiger partial charge on any atom is 0.271 e. The molecule has 1 heterocycles. The van der Waals surface area contributed by atoms with Gasteiger partial charge in [-0.25, -0.2) is 5.43 Å². The smallest absolute Gasteiger partial charge is 0.271 e. The molecule has 5 heteroatoms. The molecule has 2 aromatic rings. The van der Waals surface area contributed by atoms with Crippen molar-refractivity contribution in [3.05, 3.63) is 58.5 Å². The van der Waals surface area contributed by atoms with E-state index in [0.29, 0.717) is 28.2 Å². The van der Waals surface area contributed by atoms with Crippen molar-refractivity contribution in [2.75, 3.05) is 0 Å². The minimum atomic E-state index is -0.309. The van der Waals surface area contributed by atoms with Crippen molar-refractivity contribution < 1.29 is 9.21 Å². The van der Waals surface area contributed by atoms with Gasteiger partial charge in [0, 0.05) is 16.5 Å². The number of nitrogens with zero attached hydrogens (tertiary/aromatic N) is 1. The lowest BCUT2D eigenvalue weighted by Gasteiger charge is -1.99. The number of carbonyl (C=O) groups is 1. The van der Waals surface area contributed by atoms with E-state index in [4.69, 9.17) is 16.0 Å². The summed E-state index contributed by atoms with van der Waals surface area (Å²) >= 11 is 5.84. The van der Waals surface area contributed by atoms with Crippen molar-refractivity contribution in [1.29, 1.82) is 0 Å². The Hall–Kier alpha value is -2.07. The average Bonchev–Trinajstić information content (AvgIpc) is 3.01. The zero-order chi connectivity index (χ0) is 14.8. The Balaban J connectivity index is 1.59. The van der Waals surface area contributed by atoms with Gasteiger partial charge in [0.25, 0.3) is 5.91 Å². The van der Waals surface area contributed by atoms with Crippen LogP contribution >= 0.6 is 11.6 Å². The Labute approximate surface area is 127 Å². The van der Waals surface area contributed by atoms with Crippen molar-refractivity contribution >= 4 is 23.7 Å². The normalized spacial score (nSPS) is 20.7. The molecule has 1 aliphatic carbocycles. The third-order valence-electron chi connectivity index (χ3n) is 3.57. The molecule has 2 atom stereocenters. The van der Waals surface area contributed by atoms with Gasteiger partial charge in [-0.15, -0.1) is 0 Å². The molecule has 1 amide bonds. The Bertz CT molecular complexity index is 693. The summed E-state index contributed by atoms with van der Waals surface area (Å²) in [4.78, 5) is 11.8. The monoisotopic (exact) mass is 302 g/mol. The van der Waals surface area contributed by atoms with Crippen LogP contribution in [0.2, 0.25) is 5.02 Å². The number of rotatable bonds is 4. The number of hydrogen-bond acceptors (Lipinski definition) is 3. The molecule has 0 unspecified atom stereocenters. The van der Waals surface area contributed by atoms with Crippen LogP contribution in [0.5, 0.6) is 0 Å². The molecule has 1 N–H and O–H groups in total. The molecule has 1 saturated carbocycles. The highest BCUT2D eigenvalue weighted by Crippen LogP contribution is 2.47. The van der Waals surface area contributed by atoms with E-state index in [2.05, 4.69) is 17.5 Å². The number of benzene rings is 1. The molecule has 1 fully saturated rings. The van der Waals surface area contributed by atoms with Gasteiger partial charge < -0.3 is 4.42 Å². The number of amides is 1. The molecule has 0 aliphatic heterocycles. The van der Waals surface area contributed by atoms with Crippen LogP contribution in [0, 0.1) is 5.92 Å². The van der Waals surface area contributed by atoms with E-state index in [9.17, 15) is 4.79 Å². The lowest BCUT2D eigenvalue weighted by atomic mass is 10.2. The summed E-state index contributed by atoms with van der Waals surface area (Å²) in [6.45, 7) is 2.20. The highest BCUT2D eigenvalue weighted by molar-refractivity contribution is 6.30. The number of hydrogen-bond donors (Lipinski definition) is 1. The van der Waals surface area contributed by atoms with Crippen LogP contribution in [0.15, 0.2) is 45.9 Å². The third-order valence-corrected chi connectivity index (χ3v) is 3.80. The van der Waals surface area contributed by atoms with Gasteiger partial charge in [0.05, 0.1) is 6.21 Å². The highest BCUT2D eigenvalue weighted by Gasteiger charge is 2.36. The molecule has 0 radical (unpaired) electrons. The van der Waals surface area contributed by atoms with Crippen molar-refractivity contribution in [3.8, 4) is 0 Å². The fourth-order valence-corrected chi connectivity index (χ4v) is 2.39. The van der Waals surface area contributed by atoms with Crippen LogP contribution in [-0.2, 0) is 0 Å². The molecule has 1 aliphatic rings. The lowest BCUT2D eigenvalue weighted by Crippen LogP contribution is -2.17. The number of nitrogens with one attached hydrogen (secondary N) is 1. The second-order valence-corrected chi connectivity index (χ2v) is 5.71. The molecule has 0 saturated heterocycles. The second kappa shape index (κ2) is 5.74. The Kier molecular flexibility index (Phi) is 3.80. The van der Waals surface area contributed by atoms with Crippen LogP contribution < -0.4 is 5.43 Å². The van der Waals surface area contributed by atoms with E-state index < -0.39 is 0 Å². The minimum absolute atomic E-state index is 0.309. The van der Waals surface area contributed by atoms with Crippen molar-refractivity contribution in [2.24, 2.45) is 11.0 Å². The first-order valence-electron chi connectivity index (χ1n) is 6.82. The standard InChI is InChI=1S/C16H15ClN2O2/c1-10-7-14(10)15-6-5-13(21-15)9-18-19-16(20)11-3-2-4-12(17)8-11/h2-6,8-10,14H,7H2,1H3,(H,19,20)/b18-9-/t10-,14+/m0/s1. The number of hydrazone groups is 1. The Morgan fingerprint density at radius 2 is 2.24 bits per heavy atom. The fourth-order valence-electron chi connectivity index (χ4n) is 2.20. The molecular formula is C16H15ClN2O2. The summed E-state index contributed by atoms with van der Waals surface area (Å²) in [6.07, 6.45) is 2.68. The lowest BCUT2D eigenvalue weighted by molar-refractivity contribution is 0.0955. The molecule has 4 nitrogen and oxygen atoms in total. The summed E-state index contributed by atoms with van der Waals surface area (Å²) in [7, 11) is 0. The summed E-state index contributed by atoms with van der Waals surface area (Å²) < 4.78 is 5.66. The van der Waals surface area contributed by atoms with Gasteiger partial charge in [0.15, 0.2) is 0 Å². The van der Waals surface area contributed by atoms with Crippen LogP contribution in [0.25, 0.3) is 0 Å². The third kappa shape index (κ3) is 3.34. The van der Waals surface area contributed by atoms with Gasteiger partial charge in [-0.2, -0.15) is 5.10 Å². The summed E-state index contributed by atoms with van der Waals surface area (Å²) in [5, 5.41) is 4.41. The predicted octanol–water partition coefficient (Wildman–Crippen LogP) is 3.82. The van der Waals surface area contributed by atoms with Gasteiger partial charge in [-0.1, -0.05) is 24.6 Å². The van der Waals surface area contributed by atoms with E-state index in [0.717, 1.165) is 5.76 Å². The number of halogens is 1. The maximum absolute atomic E-state index is 11.8. The van der Waals surface area contributed by atoms with Gasteiger partial charge in [0.1, 0.15) is 11.5 Å². The zero-order valence-electron chi connectivity index (χ0n) is 11.5. The average molecular weight is 303 g/mol. The summed E-state index contributed by atoms with van der Waals surface area (Å²) in [5.74, 6) is 2.55. The molecule has 1 aromatic heterocycles. The molecule has 21 heavy (non-hydrogen) atoms. The van der Waals surface area contributed by atoms with Crippen LogP contribution in [-0.4, -0.2) is 12.1 Å². The SMILES string of the molecule is C[C@H]1C[C@H]1c1ccc(/C=N\NC(=O)c2cccc(Cl)c2)o1. The van der Waals surface area contributed by atoms with Crippen LogP contribution in [0.4, 0.5) is 0 Å². The molecule has 0 bridgehead atoms. The quantitative estimate of drug-likeness (QED) is 0.689. The highest BCUT2D eigenvalue weighted by atomic mass is 35.5. The summed E-state index contributed by atoms with van der Waals surface area (Å²) in [6, 6.07) is 10.5. The van der Waals surface area contributed by atoms with Crippen molar-refractivity contribution in [1.82, 2.24) is 5.43 Å².